The molecule has 0 spiro atoms. The molecule has 12 heavy (non-hydrogen) atoms. The molecule has 0 aliphatic carbocycles. The molecule has 0 atom stereocenters. The summed E-state index contributed by atoms with van der Waals surface area (Å²) in [6.45, 7) is 0.688. The van der Waals surface area contributed by atoms with E-state index in [0.717, 1.165) is 10.0 Å². The highest BCUT2D eigenvalue weighted by molar-refractivity contribution is 9.10. The van der Waals surface area contributed by atoms with Gasteiger partial charge in [-0.05, 0) is 17.7 Å². The van der Waals surface area contributed by atoms with Gasteiger partial charge in [-0.1, -0.05) is 28.1 Å². The first kappa shape index (κ1) is 9.06. The Labute approximate surface area is 79.8 Å². The lowest BCUT2D eigenvalue weighted by Crippen LogP contribution is -2.07. The van der Waals surface area contributed by atoms with Crippen LogP contribution < -0.4 is 11.2 Å². The van der Waals surface area contributed by atoms with Gasteiger partial charge in [-0.25, -0.2) is 0 Å². The number of benzene rings is 1. The standard InChI is InChI=1S/C8H10BrN3/c9-8-3-1-2-7(4-8)5-11-12-6-10/h1-4,6,11H,5H2,(H2,10,12). The van der Waals surface area contributed by atoms with Gasteiger partial charge in [-0.2, -0.15) is 5.10 Å². The first-order chi connectivity index (χ1) is 5.83. The minimum atomic E-state index is 0.688. The summed E-state index contributed by atoms with van der Waals surface area (Å²) < 4.78 is 1.07. The number of hydrazone groups is 1. The molecule has 0 saturated carbocycles. The molecule has 0 unspecified atom stereocenters. The quantitative estimate of drug-likeness (QED) is 0.467. The number of halogens is 1. The van der Waals surface area contributed by atoms with Crippen LogP contribution in [0, 0.1) is 0 Å². The van der Waals surface area contributed by atoms with Crippen LogP contribution in [0.3, 0.4) is 0 Å². The van der Waals surface area contributed by atoms with Crippen LogP contribution in [0.4, 0.5) is 0 Å². The van der Waals surface area contributed by atoms with Gasteiger partial charge in [0, 0.05) is 4.47 Å². The lowest BCUT2D eigenvalue weighted by atomic mass is 10.2. The highest BCUT2D eigenvalue weighted by Crippen LogP contribution is 2.10. The van der Waals surface area contributed by atoms with Crippen LogP contribution in [0.2, 0.25) is 0 Å². The Bertz CT molecular complexity index is 273. The molecule has 3 nitrogen and oxygen atoms in total. The van der Waals surface area contributed by atoms with Crippen LogP contribution in [-0.2, 0) is 6.54 Å². The highest BCUT2D eigenvalue weighted by Gasteiger charge is 1.90. The van der Waals surface area contributed by atoms with Gasteiger partial charge in [0.2, 0.25) is 0 Å². The molecule has 1 rings (SSSR count). The van der Waals surface area contributed by atoms with E-state index < -0.39 is 0 Å². The molecule has 0 aromatic heterocycles. The van der Waals surface area contributed by atoms with Crippen molar-refractivity contribution < 1.29 is 0 Å². The molecular formula is C8H10BrN3. The van der Waals surface area contributed by atoms with Gasteiger partial charge >= 0.3 is 0 Å². The zero-order chi connectivity index (χ0) is 8.81. The number of nitrogens with zero attached hydrogens (tertiary/aromatic N) is 1. The molecule has 0 aliphatic heterocycles. The molecule has 4 heteroatoms. The molecule has 0 bridgehead atoms. The monoisotopic (exact) mass is 227 g/mol. The van der Waals surface area contributed by atoms with Crippen LogP contribution in [0.1, 0.15) is 5.56 Å². The van der Waals surface area contributed by atoms with Gasteiger partial charge in [0.25, 0.3) is 0 Å². The Morgan fingerprint density at radius 2 is 2.42 bits per heavy atom. The van der Waals surface area contributed by atoms with Gasteiger partial charge in [-0.3, -0.25) is 0 Å². The van der Waals surface area contributed by atoms with Crippen molar-refractivity contribution in [1.82, 2.24) is 5.43 Å². The maximum Gasteiger partial charge on any atom is 0.106 e. The van der Waals surface area contributed by atoms with Crippen LogP contribution in [0.15, 0.2) is 33.8 Å². The van der Waals surface area contributed by atoms with E-state index >= 15 is 0 Å². The fraction of sp³-hybridized carbons (Fsp3) is 0.125. The minimum absolute atomic E-state index is 0.688. The SMILES string of the molecule is N/C=N\NCc1cccc(Br)c1. The largest absolute Gasteiger partial charge is 0.388 e. The number of hydrogen-bond donors (Lipinski definition) is 2. The second kappa shape index (κ2) is 4.77. The summed E-state index contributed by atoms with van der Waals surface area (Å²) in [5, 5.41) is 3.68. The fourth-order valence-corrected chi connectivity index (χ4v) is 1.28. The summed E-state index contributed by atoms with van der Waals surface area (Å²) in [5.41, 5.74) is 9.02. The highest BCUT2D eigenvalue weighted by atomic mass is 79.9. The maximum atomic E-state index is 5.06. The van der Waals surface area contributed by atoms with Crippen molar-refractivity contribution in [3.63, 3.8) is 0 Å². The Balaban J connectivity index is 2.52. The zero-order valence-electron chi connectivity index (χ0n) is 6.50. The predicted octanol–water partition coefficient (Wildman–Crippen LogP) is 1.44. The third-order valence-corrected chi connectivity index (χ3v) is 1.83. The molecule has 0 radical (unpaired) electrons. The molecule has 0 heterocycles. The first-order valence-corrected chi connectivity index (χ1v) is 4.33. The molecule has 0 amide bonds. The van der Waals surface area contributed by atoms with Gasteiger partial charge in [0.1, 0.15) is 6.34 Å². The maximum absolute atomic E-state index is 5.06. The fourth-order valence-electron chi connectivity index (χ4n) is 0.837. The van der Waals surface area contributed by atoms with E-state index in [2.05, 4.69) is 26.5 Å². The normalized spacial score (nSPS) is 10.4. The number of hydrogen-bond acceptors (Lipinski definition) is 2. The summed E-state index contributed by atoms with van der Waals surface area (Å²) >= 11 is 3.38. The van der Waals surface area contributed by atoms with Crippen molar-refractivity contribution in [1.29, 1.82) is 0 Å². The second-order valence-electron chi connectivity index (χ2n) is 2.24. The van der Waals surface area contributed by atoms with E-state index in [4.69, 9.17) is 5.73 Å². The van der Waals surface area contributed by atoms with E-state index in [-0.39, 0.29) is 0 Å². The van der Waals surface area contributed by atoms with Crippen LogP contribution >= 0.6 is 15.9 Å². The molecule has 1 aromatic carbocycles. The van der Waals surface area contributed by atoms with E-state index in [1.54, 1.807) is 0 Å². The van der Waals surface area contributed by atoms with Crippen LogP contribution in [0.5, 0.6) is 0 Å². The summed E-state index contributed by atoms with van der Waals surface area (Å²) in [7, 11) is 0. The Morgan fingerprint density at radius 1 is 1.58 bits per heavy atom. The van der Waals surface area contributed by atoms with Crippen molar-refractivity contribution in [3.8, 4) is 0 Å². The molecule has 0 fully saturated rings. The van der Waals surface area contributed by atoms with Crippen molar-refractivity contribution in [2.24, 2.45) is 10.8 Å². The molecule has 0 aliphatic rings. The smallest absolute Gasteiger partial charge is 0.106 e. The van der Waals surface area contributed by atoms with Crippen LogP contribution in [-0.4, -0.2) is 6.34 Å². The minimum Gasteiger partial charge on any atom is -0.388 e. The predicted molar refractivity (Wildman–Crippen MR) is 53.7 cm³/mol. The van der Waals surface area contributed by atoms with E-state index in [1.807, 2.05) is 24.3 Å². The molecule has 1 aromatic rings. The van der Waals surface area contributed by atoms with Crippen LogP contribution in [0.25, 0.3) is 0 Å². The third-order valence-electron chi connectivity index (χ3n) is 1.34. The summed E-state index contributed by atoms with van der Waals surface area (Å²) in [6.07, 6.45) is 1.23. The Kier molecular flexibility index (Phi) is 3.60. The summed E-state index contributed by atoms with van der Waals surface area (Å²) in [6, 6.07) is 8.01. The van der Waals surface area contributed by atoms with Gasteiger partial charge < -0.3 is 11.2 Å². The molecule has 64 valence electrons. The number of nitrogens with two attached hydrogens (primary N) is 1. The van der Waals surface area contributed by atoms with E-state index in [9.17, 15) is 0 Å². The number of rotatable bonds is 3. The summed E-state index contributed by atoms with van der Waals surface area (Å²) in [5.74, 6) is 0. The Hall–Kier alpha value is -1.03. The van der Waals surface area contributed by atoms with Crippen molar-refractivity contribution >= 4 is 22.3 Å². The average molecular weight is 228 g/mol. The molecular weight excluding hydrogens is 218 g/mol. The number of nitrogens with one attached hydrogen (secondary N) is 1. The van der Waals surface area contributed by atoms with E-state index in [1.165, 1.54) is 6.34 Å². The second-order valence-corrected chi connectivity index (χ2v) is 3.16. The molecule has 0 saturated heterocycles. The van der Waals surface area contributed by atoms with Gasteiger partial charge in [-0.15, -0.1) is 0 Å². The topological polar surface area (TPSA) is 50.4 Å². The lowest BCUT2D eigenvalue weighted by Gasteiger charge is -2.00. The average Bonchev–Trinajstić information content (AvgIpc) is 2.05. The van der Waals surface area contributed by atoms with Gasteiger partial charge in [0.15, 0.2) is 0 Å². The third kappa shape index (κ3) is 2.92. The lowest BCUT2D eigenvalue weighted by molar-refractivity contribution is 0.746. The Morgan fingerprint density at radius 3 is 3.08 bits per heavy atom. The van der Waals surface area contributed by atoms with Crippen molar-refractivity contribution in [2.75, 3.05) is 0 Å². The first-order valence-electron chi connectivity index (χ1n) is 3.53. The molecule has 3 N–H and O–H groups in total. The summed E-state index contributed by atoms with van der Waals surface area (Å²) in [4.78, 5) is 0. The van der Waals surface area contributed by atoms with Crippen molar-refractivity contribution in [3.05, 3.63) is 34.3 Å². The van der Waals surface area contributed by atoms with Crippen molar-refractivity contribution in [2.45, 2.75) is 6.54 Å². The van der Waals surface area contributed by atoms with Gasteiger partial charge in [0.05, 0.1) is 6.54 Å². The zero-order valence-corrected chi connectivity index (χ0v) is 8.08. The van der Waals surface area contributed by atoms with E-state index in [0.29, 0.717) is 6.54 Å².